The fourth-order valence-corrected chi connectivity index (χ4v) is 3.89. The summed E-state index contributed by atoms with van der Waals surface area (Å²) in [5.41, 5.74) is 0.598. The van der Waals surface area contributed by atoms with Crippen LogP contribution in [0.2, 0.25) is 0 Å². The van der Waals surface area contributed by atoms with E-state index in [0.29, 0.717) is 23.0 Å². The van der Waals surface area contributed by atoms with Crippen LogP contribution in [0.3, 0.4) is 0 Å². The minimum Gasteiger partial charge on any atom is -0.323 e. The van der Waals surface area contributed by atoms with Crippen molar-refractivity contribution in [1.82, 2.24) is 9.97 Å². The van der Waals surface area contributed by atoms with E-state index in [4.69, 9.17) is 0 Å². The summed E-state index contributed by atoms with van der Waals surface area (Å²) in [4.78, 5) is 31.4. The average molecular weight is 396 g/mol. The number of benzene rings is 1. The van der Waals surface area contributed by atoms with Gasteiger partial charge in [0.05, 0.1) is 16.6 Å². The SMILES string of the molecule is CCCSCc1cc(=O)[nH]c(SC(CC)C(=O)Nc2ccccc2F)n1. The number of nitrogens with zero attached hydrogens (tertiary/aromatic N) is 1. The van der Waals surface area contributed by atoms with Gasteiger partial charge in [0.1, 0.15) is 5.82 Å². The van der Waals surface area contributed by atoms with Crippen LogP contribution in [0.1, 0.15) is 32.4 Å². The standard InChI is InChI=1S/C18H22FN3O2S2/c1-3-9-25-11-12-10-16(23)22-18(20-12)26-15(4-2)17(24)21-14-8-6-5-7-13(14)19/h5-8,10,15H,3-4,9,11H2,1-2H3,(H,21,24)(H,20,22,23). The van der Waals surface area contributed by atoms with Crippen LogP contribution in [0.4, 0.5) is 10.1 Å². The summed E-state index contributed by atoms with van der Waals surface area (Å²) in [7, 11) is 0. The highest BCUT2D eigenvalue weighted by molar-refractivity contribution is 8.00. The Morgan fingerprint density at radius 2 is 2.12 bits per heavy atom. The Kier molecular flexibility index (Phi) is 8.18. The Morgan fingerprint density at radius 1 is 1.35 bits per heavy atom. The maximum atomic E-state index is 13.7. The van der Waals surface area contributed by atoms with E-state index in [2.05, 4.69) is 22.2 Å². The molecule has 0 aliphatic heterocycles. The van der Waals surface area contributed by atoms with Gasteiger partial charge in [-0.2, -0.15) is 11.8 Å². The number of hydrogen-bond donors (Lipinski definition) is 2. The van der Waals surface area contributed by atoms with E-state index in [1.54, 1.807) is 23.9 Å². The van der Waals surface area contributed by atoms with Crippen molar-refractivity contribution < 1.29 is 9.18 Å². The molecule has 140 valence electrons. The second-order valence-electron chi connectivity index (χ2n) is 5.58. The average Bonchev–Trinajstić information content (AvgIpc) is 2.61. The van der Waals surface area contributed by atoms with Gasteiger partial charge in [-0.1, -0.05) is 37.7 Å². The van der Waals surface area contributed by atoms with Crippen LogP contribution in [0, 0.1) is 5.82 Å². The zero-order chi connectivity index (χ0) is 18.9. The monoisotopic (exact) mass is 395 g/mol. The number of anilines is 1. The van der Waals surface area contributed by atoms with E-state index < -0.39 is 11.1 Å². The van der Waals surface area contributed by atoms with Crippen LogP contribution < -0.4 is 10.9 Å². The molecular formula is C18H22FN3O2S2. The Balaban J connectivity index is 2.08. The summed E-state index contributed by atoms with van der Waals surface area (Å²) in [6.07, 6.45) is 1.58. The van der Waals surface area contributed by atoms with Crippen LogP contribution >= 0.6 is 23.5 Å². The number of halogens is 1. The second-order valence-corrected chi connectivity index (χ2v) is 7.87. The topological polar surface area (TPSA) is 74.8 Å². The van der Waals surface area contributed by atoms with E-state index in [9.17, 15) is 14.0 Å². The highest BCUT2D eigenvalue weighted by Gasteiger charge is 2.20. The maximum absolute atomic E-state index is 13.7. The van der Waals surface area contributed by atoms with Crippen LogP contribution in [0.5, 0.6) is 0 Å². The van der Waals surface area contributed by atoms with Gasteiger partial charge in [0.15, 0.2) is 5.16 Å². The summed E-state index contributed by atoms with van der Waals surface area (Å²) in [5.74, 6) is 0.849. The lowest BCUT2D eigenvalue weighted by atomic mass is 10.2. The number of amides is 1. The molecule has 0 saturated carbocycles. The Bertz CT molecular complexity index is 798. The molecule has 1 unspecified atom stereocenters. The lowest BCUT2D eigenvalue weighted by Crippen LogP contribution is -2.25. The predicted molar refractivity (Wildman–Crippen MR) is 106 cm³/mol. The first-order chi connectivity index (χ1) is 12.5. The number of aromatic amines is 1. The van der Waals surface area contributed by atoms with Gasteiger partial charge < -0.3 is 10.3 Å². The molecule has 26 heavy (non-hydrogen) atoms. The highest BCUT2D eigenvalue weighted by Crippen LogP contribution is 2.24. The Labute approximate surface area is 160 Å². The number of H-pyrrole nitrogens is 1. The van der Waals surface area contributed by atoms with Gasteiger partial charge in [-0.3, -0.25) is 9.59 Å². The third kappa shape index (κ3) is 6.17. The fraction of sp³-hybridized carbons (Fsp3) is 0.389. The third-order valence-electron chi connectivity index (χ3n) is 3.42. The quantitative estimate of drug-likeness (QED) is 0.380. The number of aromatic nitrogens is 2. The molecule has 0 aliphatic rings. The predicted octanol–water partition coefficient (Wildman–Crippen LogP) is 4.06. The molecule has 5 nitrogen and oxygen atoms in total. The van der Waals surface area contributed by atoms with Crippen LogP contribution in [0.15, 0.2) is 40.3 Å². The van der Waals surface area contributed by atoms with Gasteiger partial charge in [-0.05, 0) is 30.7 Å². The van der Waals surface area contributed by atoms with Gasteiger partial charge >= 0.3 is 0 Å². The van der Waals surface area contributed by atoms with Crippen molar-refractivity contribution >= 4 is 35.1 Å². The molecule has 1 atom stereocenters. The normalized spacial score (nSPS) is 12.0. The van der Waals surface area contributed by atoms with Crippen LogP contribution in [0.25, 0.3) is 0 Å². The van der Waals surface area contributed by atoms with Crippen LogP contribution in [-0.4, -0.2) is 26.9 Å². The maximum Gasteiger partial charge on any atom is 0.251 e. The number of thioether (sulfide) groups is 2. The summed E-state index contributed by atoms with van der Waals surface area (Å²) < 4.78 is 13.7. The molecule has 0 bridgehead atoms. The van der Waals surface area contributed by atoms with Crippen molar-refractivity contribution in [2.75, 3.05) is 11.1 Å². The second kappa shape index (κ2) is 10.4. The number of hydrogen-bond acceptors (Lipinski definition) is 5. The minimum absolute atomic E-state index is 0.141. The molecule has 1 aromatic carbocycles. The van der Waals surface area contributed by atoms with Gasteiger partial charge in [-0.25, -0.2) is 9.37 Å². The molecule has 1 amide bonds. The van der Waals surface area contributed by atoms with Crippen molar-refractivity contribution in [2.24, 2.45) is 0 Å². The first-order valence-electron chi connectivity index (χ1n) is 8.43. The number of para-hydroxylation sites is 1. The summed E-state index contributed by atoms with van der Waals surface area (Å²) in [6, 6.07) is 7.50. The van der Waals surface area contributed by atoms with Crippen molar-refractivity contribution in [1.29, 1.82) is 0 Å². The molecule has 1 heterocycles. The largest absolute Gasteiger partial charge is 0.323 e. The van der Waals surface area contributed by atoms with Crippen molar-refractivity contribution in [3.05, 3.63) is 52.2 Å². The number of carbonyl (C=O) groups excluding carboxylic acids is 1. The van der Waals surface area contributed by atoms with Gasteiger partial charge in [0, 0.05) is 11.8 Å². The summed E-state index contributed by atoms with van der Waals surface area (Å²) in [6.45, 7) is 3.96. The first kappa shape index (κ1) is 20.5. The summed E-state index contributed by atoms with van der Waals surface area (Å²) in [5, 5.41) is 2.51. The molecule has 0 saturated heterocycles. The number of nitrogens with one attached hydrogen (secondary N) is 2. The van der Waals surface area contributed by atoms with E-state index in [-0.39, 0.29) is 17.2 Å². The van der Waals surface area contributed by atoms with Gasteiger partial charge in [0.2, 0.25) is 5.91 Å². The van der Waals surface area contributed by atoms with Crippen molar-refractivity contribution in [2.45, 2.75) is 42.8 Å². The lowest BCUT2D eigenvalue weighted by molar-refractivity contribution is -0.115. The Hall–Kier alpha value is -1.80. The smallest absolute Gasteiger partial charge is 0.251 e. The molecule has 0 fully saturated rings. The van der Waals surface area contributed by atoms with E-state index in [1.165, 1.54) is 30.0 Å². The number of rotatable bonds is 9. The zero-order valence-corrected chi connectivity index (χ0v) is 16.4. The lowest BCUT2D eigenvalue weighted by Gasteiger charge is -2.14. The molecule has 2 aromatic rings. The van der Waals surface area contributed by atoms with Crippen molar-refractivity contribution in [3.8, 4) is 0 Å². The van der Waals surface area contributed by atoms with Gasteiger partial charge in [-0.15, -0.1) is 0 Å². The molecular weight excluding hydrogens is 373 g/mol. The fourth-order valence-electron chi connectivity index (χ4n) is 2.17. The minimum atomic E-state index is -0.490. The van der Waals surface area contributed by atoms with E-state index in [0.717, 1.165) is 12.2 Å². The molecule has 8 heteroatoms. The zero-order valence-electron chi connectivity index (χ0n) is 14.8. The Morgan fingerprint density at radius 3 is 2.81 bits per heavy atom. The molecule has 2 rings (SSSR count). The van der Waals surface area contributed by atoms with E-state index >= 15 is 0 Å². The molecule has 0 spiro atoms. The highest BCUT2D eigenvalue weighted by atomic mass is 32.2. The number of carbonyl (C=O) groups is 1. The van der Waals surface area contributed by atoms with E-state index in [1.807, 2.05) is 6.92 Å². The van der Waals surface area contributed by atoms with Gasteiger partial charge in [0.25, 0.3) is 5.56 Å². The van der Waals surface area contributed by atoms with Crippen LogP contribution in [-0.2, 0) is 10.5 Å². The molecule has 0 radical (unpaired) electrons. The molecule has 0 aliphatic carbocycles. The summed E-state index contributed by atoms with van der Waals surface area (Å²) >= 11 is 2.89. The third-order valence-corrected chi connectivity index (χ3v) is 5.87. The first-order valence-corrected chi connectivity index (χ1v) is 10.5. The molecule has 2 N–H and O–H groups in total. The molecule has 1 aromatic heterocycles. The van der Waals surface area contributed by atoms with Crippen molar-refractivity contribution in [3.63, 3.8) is 0 Å².